The molecule has 0 bridgehead atoms. The number of phenols is 1. The number of fused-ring (bicyclic) bond motifs is 1. The first-order valence-electron chi connectivity index (χ1n) is 13.3. The van der Waals surface area contributed by atoms with Gasteiger partial charge in [0.2, 0.25) is 0 Å². The number of benzene rings is 2. The molecule has 6 nitrogen and oxygen atoms in total. The van der Waals surface area contributed by atoms with E-state index in [0.29, 0.717) is 12.3 Å². The highest BCUT2D eigenvalue weighted by atomic mass is 79.9. The molecule has 0 atom stereocenters. The maximum absolute atomic E-state index is 10.2. The van der Waals surface area contributed by atoms with Crippen molar-refractivity contribution in [2.45, 2.75) is 51.6 Å². The number of ether oxygens (including phenoxy) is 1. The van der Waals surface area contributed by atoms with Crippen molar-refractivity contribution in [3.05, 3.63) is 63.1 Å². The van der Waals surface area contributed by atoms with Crippen molar-refractivity contribution in [2.24, 2.45) is 0 Å². The summed E-state index contributed by atoms with van der Waals surface area (Å²) >= 11 is 3.46. The van der Waals surface area contributed by atoms with Crippen LogP contribution in [0.1, 0.15) is 54.4 Å². The number of halogens is 1. The fraction of sp³-hybridized carbons (Fsp3) is 0.517. The lowest BCUT2D eigenvalue weighted by molar-refractivity contribution is 0.369. The molecule has 0 radical (unpaired) electrons. The molecule has 1 aliphatic rings. The molecule has 0 heterocycles. The van der Waals surface area contributed by atoms with Gasteiger partial charge in [-0.1, -0.05) is 46.3 Å². The van der Waals surface area contributed by atoms with Crippen LogP contribution >= 0.6 is 15.9 Å². The Morgan fingerprint density at radius 2 is 1.47 bits per heavy atom. The lowest BCUT2D eigenvalue weighted by Crippen LogP contribution is -2.24. The molecule has 36 heavy (non-hydrogen) atoms. The Morgan fingerprint density at radius 1 is 0.833 bits per heavy atom. The fourth-order valence-corrected chi connectivity index (χ4v) is 4.97. The van der Waals surface area contributed by atoms with E-state index in [9.17, 15) is 5.11 Å². The number of aryl methyl sites for hydroxylation is 1. The lowest BCUT2D eigenvalue weighted by atomic mass is 9.93. The predicted octanol–water partition coefficient (Wildman–Crippen LogP) is 4.74. The Hall–Kier alpha value is -1.90. The maximum Gasteiger partial charge on any atom is 0.162 e. The molecule has 0 aromatic heterocycles. The van der Waals surface area contributed by atoms with Crippen LogP contribution in [0.5, 0.6) is 11.5 Å². The number of aromatic hydroxyl groups is 1. The van der Waals surface area contributed by atoms with E-state index in [1.54, 1.807) is 13.2 Å². The van der Waals surface area contributed by atoms with E-state index in [4.69, 9.17) is 4.74 Å². The Bertz CT molecular complexity index is 951. The van der Waals surface area contributed by atoms with Crippen LogP contribution in [0.2, 0.25) is 0 Å². The van der Waals surface area contributed by atoms with Crippen molar-refractivity contribution < 1.29 is 9.84 Å². The third-order valence-electron chi connectivity index (χ3n) is 6.49. The lowest BCUT2D eigenvalue weighted by Gasteiger charge is -2.15. The fourth-order valence-electron chi connectivity index (χ4n) is 4.48. The van der Waals surface area contributed by atoms with Crippen LogP contribution < -0.4 is 26.0 Å². The second-order valence-corrected chi connectivity index (χ2v) is 10.2. The number of allylic oxidation sites excluding steroid dienone is 1. The van der Waals surface area contributed by atoms with E-state index in [-0.39, 0.29) is 5.75 Å². The van der Waals surface area contributed by atoms with Gasteiger partial charge in [-0.3, -0.25) is 0 Å². The van der Waals surface area contributed by atoms with E-state index in [1.165, 1.54) is 42.4 Å². The first-order chi connectivity index (χ1) is 17.7. The number of hydrogen-bond donors (Lipinski definition) is 5. The number of unbranched alkanes of at least 4 members (excludes halogenated alkanes) is 1. The molecule has 5 N–H and O–H groups in total. The summed E-state index contributed by atoms with van der Waals surface area (Å²) in [7, 11) is 1.56. The van der Waals surface area contributed by atoms with Crippen LogP contribution in [0.15, 0.2) is 40.9 Å². The number of nitrogens with one attached hydrogen (secondary N) is 4. The number of methoxy groups -OCH3 is 1. The van der Waals surface area contributed by atoms with Crippen LogP contribution in [0, 0.1) is 0 Å². The molecule has 0 aliphatic heterocycles. The predicted molar refractivity (Wildman–Crippen MR) is 154 cm³/mol. The molecule has 0 spiro atoms. The standard InChI is InChI=1S/C29H43BrN4O2/c1-36-28-20-26(30)19-25(29(28)35)22-34-18-8-16-32-14-5-4-13-31-15-7-17-33-21-24-11-6-10-23-9-2-3-12-27(23)24/h3,6,10-12,19-20,31-35H,2,4-5,7-9,13-18,21-22H2,1H3. The van der Waals surface area contributed by atoms with Crippen LogP contribution in [0.4, 0.5) is 0 Å². The van der Waals surface area contributed by atoms with E-state index in [2.05, 4.69) is 67.5 Å². The van der Waals surface area contributed by atoms with Gasteiger partial charge in [0.05, 0.1) is 7.11 Å². The molecule has 0 amide bonds. The first kappa shape index (κ1) is 28.7. The van der Waals surface area contributed by atoms with Crippen molar-refractivity contribution in [3.8, 4) is 11.5 Å². The van der Waals surface area contributed by atoms with E-state index in [1.807, 2.05) is 6.07 Å². The molecule has 1 aliphatic carbocycles. The van der Waals surface area contributed by atoms with E-state index in [0.717, 1.165) is 68.7 Å². The van der Waals surface area contributed by atoms with Crippen molar-refractivity contribution in [1.82, 2.24) is 21.3 Å². The zero-order chi connectivity index (χ0) is 25.4. The zero-order valence-corrected chi connectivity index (χ0v) is 23.3. The van der Waals surface area contributed by atoms with Crippen LogP contribution in [0.25, 0.3) is 6.08 Å². The molecular formula is C29H43BrN4O2. The van der Waals surface area contributed by atoms with Crippen LogP contribution in [0.3, 0.4) is 0 Å². The average Bonchev–Trinajstić information content (AvgIpc) is 2.90. The van der Waals surface area contributed by atoms with Crippen molar-refractivity contribution >= 4 is 22.0 Å². The number of phenolic OH excluding ortho intramolecular Hbond substituents is 1. The van der Waals surface area contributed by atoms with Gasteiger partial charge in [0.25, 0.3) is 0 Å². The van der Waals surface area contributed by atoms with Crippen LogP contribution in [-0.2, 0) is 19.5 Å². The molecule has 0 saturated heterocycles. The SMILES string of the molecule is COc1cc(Br)cc(CNCCCNCCCCNCCCNCc2cccc3c2C=CCC3)c1O. The summed E-state index contributed by atoms with van der Waals surface area (Å²) in [5.74, 6) is 0.701. The second kappa shape index (κ2) is 16.8. The van der Waals surface area contributed by atoms with Crippen molar-refractivity contribution in [3.63, 3.8) is 0 Å². The summed E-state index contributed by atoms with van der Waals surface area (Å²) in [6, 6.07) is 10.4. The summed E-state index contributed by atoms with van der Waals surface area (Å²) in [6.45, 7) is 7.73. The van der Waals surface area contributed by atoms with E-state index < -0.39 is 0 Å². The largest absolute Gasteiger partial charge is 0.504 e. The van der Waals surface area contributed by atoms with Gasteiger partial charge in [0.1, 0.15) is 0 Å². The van der Waals surface area contributed by atoms with Crippen molar-refractivity contribution in [1.29, 1.82) is 0 Å². The topological polar surface area (TPSA) is 77.6 Å². The Kier molecular flexibility index (Phi) is 13.4. The first-order valence-corrected chi connectivity index (χ1v) is 14.1. The van der Waals surface area contributed by atoms with Gasteiger partial charge in [-0.2, -0.15) is 0 Å². The van der Waals surface area contributed by atoms with Gasteiger partial charge >= 0.3 is 0 Å². The summed E-state index contributed by atoms with van der Waals surface area (Å²) in [5.41, 5.74) is 5.18. The maximum atomic E-state index is 10.2. The monoisotopic (exact) mass is 558 g/mol. The minimum atomic E-state index is 0.208. The van der Waals surface area contributed by atoms with Gasteiger partial charge in [0, 0.05) is 23.1 Å². The minimum absolute atomic E-state index is 0.208. The Labute approximate surface area is 225 Å². The molecule has 0 saturated carbocycles. The summed E-state index contributed by atoms with van der Waals surface area (Å²) in [5, 5.41) is 24.3. The highest BCUT2D eigenvalue weighted by Crippen LogP contribution is 2.33. The second-order valence-electron chi connectivity index (χ2n) is 9.31. The van der Waals surface area contributed by atoms with Gasteiger partial charge in [-0.05, 0) is 107 Å². The van der Waals surface area contributed by atoms with Gasteiger partial charge in [0.15, 0.2) is 11.5 Å². The number of hydrogen-bond acceptors (Lipinski definition) is 6. The summed E-state index contributed by atoms with van der Waals surface area (Å²) in [4.78, 5) is 0. The highest BCUT2D eigenvalue weighted by Gasteiger charge is 2.10. The van der Waals surface area contributed by atoms with Gasteiger partial charge < -0.3 is 31.1 Å². The molecule has 0 fully saturated rings. The smallest absolute Gasteiger partial charge is 0.162 e. The molecule has 2 aromatic carbocycles. The third-order valence-corrected chi connectivity index (χ3v) is 6.95. The molecule has 3 rings (SSSR count). The normalized spacial score (nSPS) is 12.6. The summed E-state index contributed by atoms with van der Waals surface area (Å²) in [6.07, 6.45) is 11.5. The van der Waals surface area contributed by atoms with E-state index >= 15 is 0 Å². The average molecular weight is 560 g/mol. The number of rotatable bonds is 18. The molecule has 2 aromatic rings. The molecule has 198 valence electrons. The third kappa shape index (κ3) is 9.87. The molecule has 0 unspecified atom stereocenters. The van der Waals surface area contributed by atoms with Crippen LogP contribution in [-0.4, -0.2) is 51.5 Å². The van der Waals surface area contributed by atoms with Crippen molar-refractivity contribution in [2.75, 3.05) is 46.4 Å². The molecular weight excluding hydrogens is 516 g/mol. The van der Waals surface area contributed by atoms with Gasteiger partial charge in [-0.15, -0.1) is 0 Å². The van der Waals surface area contributed by atoms with Gasteiger partial charge in [-0.25, -0.2) is 0 Å². The minimum Gasteiger partial charge on any atom is -0.504 e. The Morgan fingerprint density at radius 3 is 2.17 bits per heavy atom. The molecule has 7 heteroatoms. The quantitative estimate of drug-likeness (QED) is 0.170. The highest BCUT2D eigenvalue weighted by molar-refractivity contribution is 9.10. The summed E-state index contributed by atoms with van der Waals surface area (Å²) < 4.78 is 6.10. The Balaban J connectivity index is 1.10. The zero-order valence-electron chi connectivity index (χ0n) is 21.7.